The monoisotopic (exact) mass is 169 g/mol. The lowest BCUT2D eigenvalue weighted by Crippen LogP contribution is -2.36. The first kappa shape index (κ1) is 9.75. The normalized spacial score (nSPS) is 28.2. The molecule has 1 rings (SSSR count). The standard InChI is InChI=1S/C10H19NO/c1-3-8(2)7-12-10-4-9(5-10)6-11/h9-10H,2-7,11H2,1H3. The molecule has 0 amide bonds. The first-order chi connectivity index (χ1) is 5.76. The average molecular weight is 169 g/mol. The molecule has 0 aromatic carbocycles. The molecule has 1 aliphatic carbocycles. The molecule has 0 aromatic rings. The zero-order valence-electron chi connectivity index (χ0n) is 7.88. The highest BCUT2D eigenvalue weighted by Gasteiger charge is 2.28. The van der Waals surface area contributed by atoms with Gasteiger partial charge in [-0.25, -0.2) is 0 Å². The van der Waals surface area contributed by atoms with Gasteiger partial charge in [-0.1, -0.05) is 19.1 Å². The Bertz CT molecular complexity index is 150. The van der Waals surface area contributed by atoms with E-state index in [-0.39, 0.29) is 0 Å². The zero-order valence-corrected chi connectivity index (χ0v) is 7.88. The van der Waals surface area contributed by atoms with E-state index in [1.807, 2.05) is 0 Å². The summed E-state index contributed by atoms with van der Waals surface area (Å²) in [6.07, 6.45) is 3.77. The van der Waals surface area contributed by atoms with Gasteiger partial charge in [-0.15, -0.1) is 0 Å². The molecule has 0 heterocycles. The Balaban J connectivity index is 2.00. The molecule has 0 unspecified atom stereocenters. The van der Waals surface area contributed by atoms with Crippen LogP contribution in [-0.2, 0) is 4.74 Å². The number of rotatable bonds is 5. The predicted molar refractivity (Wildman–Crippen MR) is 50.9 cm³/mol. The summed E-state index contributed by atoms with van der Waals surface area (Å²) >= 11 is 0. The van der Waals surface area contributed by atoms with Gasteiger partial charge in [-0.2, -0.15) is 0 Å². The van der Waals surface area contributed by atoms with E-state index in [1.54, 1.807) is 0 Å². The van der Waals surface area contributed by atoms with E-state index in [1.165, 1.54) is 5.57 Å². The molecule has 0 atom stereocenters. The third-order valence-corrected chi connectivity index (χ3v) is 2.55. The first-order valence-electron chi connectivity index (χ1n) is 4.74. The van der Waals surface area contributed by atoms with E-state index in [2.05, 4.69) is 13.5 Å². The maximum Gasteiger partial charge on any atom is 0.0677 e. The van der Waals surface area contributed by atoms with Crippen LogP contribution in [-0.4, -0.2) is 19.3 Å². The summed E-state index contributed by atoms with van der Waals surface area (Å²) in [7, 11) is 0. The van der Waals surface area contributed by atoms with Crippen molar-refractivity contribution in [3.8, 4) is 0 Å². The summed E-state index contributed by atoms with van der Waals surface area (Å²) in [6.45, 7) is 7.55. The zero-order chi connectivity index (χ0) is 8.97. The van der Waals surface area contributed by atoms with Crippen LogP contribution >= 0.6 is 0 Å². The first-order valence-corrected chi connectivity index (χ1v) is 4.74. The van der Waals surface area contributed by atoms with Crippen LogP contribution in [0.1, 0.15) is 26.2 Å². The van der Waals surface area contributed by atoms with Crippen molar-refractivity contribution in [2.24, 2.45) is 11.7 Å². The molecule has 1 aliphatic rings. The molecule has 2 N–H and O–H groups in total. The Hall–Kier alpha value is -0.340. The maximum absolute atomic E-state index is 5.61. The molecule has 0 saturated heterocycles. The highest BCUT2D eigenvalue weighted by molar-refractivity contribution is 4.93. The molecule has 1 fully saturated rings. The molecule has 0 radical (unpaired) electrons. The molecule has 0 aromatic heterocycles. The van der Waals surface area contributed by atoms with Crippen LogP contribution in [0.2, 0.25) is 0 Å². The molecule has 0 aliphatic heterocycles. The van der Waals surface area contributed by atoms with E-state index in [4.69, 9.17) is 10.5 Å². The molecule has 0 bridgehead atoms. The lowest BCUT2D eigenvalue weighted by molar-refractivity contribution is -0.0176. The Morgan fingerprint density at radius 2 is 2.25 bits per heavy atom. The van der Waals surface area contributed by atoms with Crippen molar-refractivity contribution in [1.29, 1.82) is 0 Å². The van der Waals surface area contributed by atoms with Gasteiger partial charge < -0.3 is 10.5 Å². The van der Waals surface area contributed by atoms with Crippen LogP contribution < -0.4 is 5.73 Å². The van der Waals surface area contributed by atoms with E-state index >= 15 is 0 Å². The fourth-order valence-electron chi connectivity index (χ4n) is 1.34. The summed E-state index contributed by atoms with van der Waals surface area (Å²) < 4.78 is 5.61. The van der Waals surface area contributed by atoms with Gasteiger partial charge in [-0.3, -0.25) is 0 Å². The van der Waals surface area contributed by atoms with Crippen LogP contribution in [0.15, 0.2) is 12.2 Å². The molecular weight excluding hydrogens is 150 g/mol. The van der Waals surface area contributed by atoms with Crippen LogP contribution in [0.4, 0.5) is 0 Å². The lowest BCUT2D eigenvalue weighted by Gasteiger charge is -2.34. The van der Waals surface area contributed by atoms with Crippen molar-refractivity contribution in [3.05, 3.63) is 12.2 Å². The summed E-state index contributed by atoms with van der Waals surface area (Å²) in [5.41, 5.74) is 6.69. The minimum absolute atomic E-state index is 0.460. The molecule has 0 spiro atoms. The summed E-state index contributed by atoms with van der Waals surface area (Å²) in [5.74, 6) is 0.713. The van der Waals surface area contributed by atoms with E-state index in [9.17, 15) is 0 Å². The average Bonchev–Trinajstić information content (AvgIpc) is 2.01. The summed E-state index contributed by atoms with van der Waals surface area (Å²) in [6, 6.07) is 0. The molecule has 1 saturated carbocycles. The molecular formula is C10H19NO. The fourth-order valence-corrected chi connectivity index (χ4v) is 1.34. The van der Waals surface area contributed by atoms with Crippen molar-refractivity contribution in [3.63, 3.8) is 0 Å². The van der Waals surface area contributed by atoms with Gasteiger partial charge in [0, 0.05) is 0 Å². The largest absolute Gasteiger partial charge is 0.374 e. The maximum atomic E-state index is 5.61. The Labute approximate surface area is 74.8 Å². The van der Waals surface area contributed by atoms with Crippen molar-refractivity contribution in [2.45, 2.75) is 32.3 Å². The fraction of sp³-hybridized carbons (Fsp3) is 0.800. The number of ether oxygens (including phenoxy) is 1. The Morgan fingerprint density at radius 3 is 2.75 bits per heavy atom. The Morgan fingerprint density at radius 1 is 1.58 bits per heavy atom. The highest BCUT2D eigenvalue weighted by Crippen LogP contribution is 2.29. The van der Waals surface area contributed by atoms with Crippen LogP contribution in [0, 0.1) is 5.92 Å². The third kappa shape index (κ3) is 2.61. The van der Waals surface area contributed by atoms with Crippen molar-refractivity contribution in [2.75, 3.05) is 13.2 Å². The molecule has 2 heteroatoms. The van der Waals surface area contributed by atoms with Crippen LogP contribution in [0.25, 0.3) is 0 Å². The number of nitrogens with two attached hydrogens (primary N) is 1. The Kier molecular flexibility index (Phi) is 3.76. The van der Waals surface area contributed by atoms with Crippen molar-refractivity contribution in [1.82, 2.24) is 0 Å². The quantitative estimate of drug-likeness (QED) is 0.636. The topological polar surface area (TPSA) is 35.2 Å². The van der Waals surface area contributed by atoms with Gasteiger partial charge in [0.2, 0.25) is 0 Å². The second-order valence-corrected chi connectivity index (χ2v) is 3.61. The van der Waals surface area contributed by atoms with E-state index in [0.29, 0.717) is 12.0 Å². The summed E-state index contributed by atoms with van der Waals surface area (Å²) in [5, 5.41) is 0. The predicted octanol–water partition coefficient (Wildman–Crippen LogP) is 1.71. The summed E-state index contributed by atoms with van der Waals surface area (Å²) in [4.78, 5) is 0. The number of hydrogen-bond donors (Lipinski definition) is 1. The van der Waals surface area contributed by atoms with Crippen molar-refractivity contribution < 1.29 is 4.74 Å². The minimum Gasteiger partial charge on any atom is -0.374 e. The SMILES string of the molecule is C=C(CC)COC1CC(CN)C1. The van der Waals surface area contributed by atoms with E-state index < -0.39 is 0 Å². The van der Waals surface area contributed by atoms with Gasteiger partial charge in [0.25, 0.3) is 0 Å². The van der Waals surface area contributed by atoms with Gasteiger partial charge in [-0.05, 0) is 31.7 Å². The molecule has 2 nitrogen and oxygen atoms in total. The van der Waals surface area contributed by atoms with Gasteiger partial charge in [0.1, 0.15) is 0 Å². The lowest BCUT2D eigenvalue weighted by atomic mass is 9.82. The van der Waals surface area contributed by atoms with Crippen LogP contribution in [0.3, 0.4) is 0 Å². The minimum atomic E-state index is 0.460. The second kappa shape index (κ2) is 4.63. The molecule has 70 valence electrons. The van der Waals surface area contributed by atoms with Gasteiger partial charge in [0.05, 0.1) is 12.7 Å². The molecule has 12 heavy (non-hydrogen) atoms. The van der Waals surface area contributed by atoms with Gasteiger partial charge in [0.15, 0.2) is 0 Å². The van der Waals surface area contributed by atoms with E-state index in [0.717, 1.165) is 32.4 Å². The highest BCUT2D eigenvalue weighted by atomic mass is 16.5. The van der Waals surface area contributed by atoms with Crippen LogP contribution in [0.5, 0.6) is 0 Å². The second-order valence-electron chi connectivity index (χ2n) is 3.61. The third-order valence-electron chi connectivity index (χ3n) is 2.55. The number of hydrogen-bond acceptors (Lipinski definition) is 2. The van der Waals surface area contributed by atoms with Gasteiger partial charge >= 0.3 is 0 Å². The van der Waals surface area contributed by atoms with Crippen molar-refractivity contribution >= 4 is 0 Å². The smallest absolute Gasteiger partial charge is 0.0677 e.